The van der Waals surface area contributed by atoms with Crippen molar-refractivity contribution in [2.75, 3.05) is 5.32 Å². The van der Waals surface area contributed by atoms with Crippen LogP contribution < -0.4 is 10.1 Å². The fourth-order valence-corrected chi connectivity index (χ4v) is 3.36. The van der Waals surface area contributed by atoms with Gasteiger partial charge in [-0.05, 0) is 64.2 Å². The zero-order chi connectivity index (χ0) is 18.4. The third kappa shape index (κ3) is 4.89. The lowest BCUT2D eigenvalue weighted by molar-refractivity contribution is 0.304. The monoisotopic (exact) mass is 409 g/mol. The zero-order valence-corrected chi connectivity index (χ0v) is 16.8. The Hall–Kier alpha value is -2.26. The van der Waals surface area contributed by atoms with Crippen molar-refractivity contribution < 1.29 is 4.74 Å². The van der Waals surface area contributed by atoms with Crippen molar-refractivity contribution in [3.05, 3.63) is 93.5 Å². The molecule has 0 aliphatic carbocycles. The predicted octanol–water partition coefficient (Wildman–Crippen LogP) is 6.51. The van der Waals surface area contributed by atoms with Crippen LogP contribution in [-0.4, -0.2) is 0 Å². The molecule has 0 heterocycles. The topological polar surface area (TPSA) is 21.3 Å². The van der Waals surface area contributed by atoms with Gasteiger partial charge in [0.15, 0.2) is 0 Å². The quantitative estimate of drug-likeness (QED) is 0.479. The molecule has 26 heavy (non-hydrogen) atoms. The third-order valence-electron chi connectivity index (χ3n) is 4.39. The molecule has 0 unspecified atom stereocenters. The number of para-hydroxylation sites is 1. The summed E-state index contributed by atoms with van der Waals surface area (Å²) < 4.78 is 6.93. The van der Waals surface area contributed by atoms with Crippen molar-refractivity contribution in [1.29, 1.82) is 0 Å². The molecule has 0 aliphatic rings. The predicted molar refractivity (Wildman–Crippen MR) is 113 cm³/mol. The minimum absolute atomic E-state index is 0.570. The number of nitrogens with one attached hydrogen (secondary N) is 1. The van der Waals surface area contributed by atoms with E-state index in [0.717, 1.165) is 23.2 Å². The number of hydrogen-bond acceptors (Lipinski definition) is 2. The molecule has 0 aromatic heterocycles. The number of anilines is 1. The average molecular weight is 410 g/mol. The van der Waals surface area contributed by atoms with Crippen LogP contribution in [0, 0.1) is 6.92 Å². The summed E-state index contributed by atoms with van der Waals surface area (Å²) in [6.45, 7) is 5.62. The molecule has 3 aromatic rings. The van der Waals surface area contributed by atoms with Crippen molar-refractivity contribution in [1.82, 2.24) is 0 Å². The maximum atomic E-state index is 5.95. The molecule has 1 N–H and O–H groups in total. The van der Waals surface area contributed by atoms with Crippen molar-refractivity contribution >= 4 is 21.6 Å². The van der Waals surface area contributed by atoms with Crippen molar-refractivity contribution in [3.63, 3.8) is 0 Å². The average Bonchev–Trinajstić information content (AvgIpc) is 2.67. The third-order valence-corrected chi connectivity index (χ3v) is 5.01. The standard InChI is InChI=1S/C23H24BrNO/c1-3-20-6-4-5-7-22(20)25-15-19-12-13-23(21(24)14-19)26-16-18-10-8-17(2)9-11-18/h4-14,25H,3,15-16H2,1-2H3. The van der Waals surface area contributed by atoms with Gasteiger partial charge in [-0.1, -0.05) is 61.0 Å². The van der Waals surface area contributed by atoms with Crippen LogP contribution in [0.1, 0.15) is 29.2 Å². The van der Waals surface area contributed by atoms with Crippen molar-refractivity contribution in [3.8, 4) is 5.75 Å². The summed E-state index contributed by atoms with van der Waals surface area (Å²) in [6.07, 6.45) is 1.03. The first-order valence-electron chi connectivity index (χ1n) is 8.94. The van der Waals surface area contributed by atoms with Gasteiger partial charge in [-0.2, -0.15) is 0 Å². The highest BCUT2D eigenvalue weighted by Gasteiger charge is 2.05. The molecule has 0 atom stereocenters. The van der Waals surface area contributed by atoms with Gasteiger partial charge in [0.25, 0.3) is 0 Å². The lowest BCUT2D eigenvalue weighted by Crippen LogP contribution is -2.02. The van der Waals surface area contributed by atoms with Crippen LogP contribution in [0.15, 0.2) is 71.2 Å². The van der Waals surface area contributed by atoms with Gasteiger partial charge in [-0.3, -0.25) is 0 Å². The molecular formula is C23H24BrNO. The van der Waals surface area contributed by atoms with Crippen LogP contribution in [0.3, 0.4) is 0 Å². The SMILES string of the molecule is CCc1ccccc1NCc1ccc(OCc2ccc(C)cc2)c(Br)c1. The van der Waals surface area contributed by atoms with Crippen molar-refractivity contribution in [2.24, 2.45) is 0 Å². The second-order valence-electron chi connectivity index (χ2n) is 6.40. The molecule has 0 amide bonds. The van der Waals surface area contributed by atoms with Gasteiger partial charge in [0.1, 0.15) is 12.4 Å². The van der Waals surface area contributed by atoms with Crippen LogP contribution in [0.25, 0.3) is 0 Å². The molecule has 3 heteroatoms. The summed E-state index contributed by atoms with van der Waals surface area (Å²) in [5.74, 6) is 0.864. The summed E-state index contributed by atoms with van der Waals surface area (Å²) in [7, 11) is 0. The molecule has 0 spiro atoms. The van der Waals surface area contributed by atoms with Crippen LogP contribution in [0.4, 0.5) is 5.69 Å². The maximum absolute atomic E-state index is 5.95. The summed E-state index contributed by atoms with van der Waals surface area (Å²) >= 11 is 3.63. The van der Waals surface area contributed by atoms with Gasteiger partial charge in [0.2, 0.25) is 0 Å². The van der Waals surface area contributed by atoms with E-state index in [9.17, 15) is 0 Å². The molecule has 0 saturated carbocycles. The fraction of sp³-hybridized carbons (Fsp3) is 0.217. The van der Waals surface area contributed by atoms with Gasteiger partial charge in [0, 0.05) is 12.2 Å². The zero-order valence-electron chi connectivity index (χ0n) is 15.3. The van der Waals surface area contributed by atoms with E-state index < -0.39 is 0 Å². The van der Waals surface area contributed by atoms with E-state index in [1.54, 1.807) is 0 Å². The van der Waals surface area contributed by atoms with E-state index in [0.29, 0.717) is 6.61 Å². The Labute approximate surface area is 164 Å². The van der Waals surface area contributed by atoms with Gasteiger partial charge in [-0.15, -0.1) is 0 Å². The van der Waals surface area contributed by atoms with E-state index in [-0.39, 0.29) is 0 Å². The van der Waals surface area contributed by atoms with E-state index in [1.807, 2.05) is 6.07 Å². The lowest BCUT2D eigenvalue weighted by atomic mass is 10.1. The molecule has 3 aromatic carbocycles. The van der Waals surface area contributed by atoms with Gasteiger partial charge in [0.05, 0.1) is 4.47 Å². The summed E-state index contributed by atoms with van der Waals surface area (Å²) in [5, 5.41) is 3.53. The van der Waals surface area contributed by atoms with E-state index in [1.165, 1.54) is 27.9 Å². The molecule has 0 saturated heterocycles. The molecule has 0 radical (unpaired) electrons. The highest BCUT2D eigenvalue weighted by molar-refractivity contribution is 9.10. The molecule has 3 rings (SSSR count). The Morgan fingerprint density at radius 3 is 2.38 bits per heavy atom. The summed E-state index contributed by atoms with van der Waals surface area (Å²) in [4.78, 5) is 0. The second kappa shape index (κ2) is 8.91. The Morgan fingerprint density at radius 1 is 0.923 bits per heavy atom. The van der Waals surface area contributed by atoms with Crippen molar-refractivity contribution in [2.45, 2.75) is 33.4 Å². The molecule has 0 fully saturated rings. The smallest absolute Gasteiger partial charge is 0.134 e. The number of ether oxygens (including phenoxy) is 1. The molecule has 2 nitrogen and oxygen atoms in total. The highest BCUT2D eigenvalue weighted by Crippen LogP contribution is 2.27. The fourth-order valence-electron chi connectivity index (χ4n) is 2.82. The minimum atomic E-state index is 0.570. The minimum Gasteiger partial charge on any atom is -0.488 e. The first kappa shape index (κ1) is 18.5. The molecule has 134 valence electrons. The van der Waals surface area contributed by atoms with Crippen LogP contribution >= 0.6 is 15.9 Å². The first-order chi connectivity index (χ1) is 12.7. The Bertz CT molecular complexity index is 858. The normalized spacial score (nSPS) is 10.6. The highest BCUT2D eigenvalue weighted by atomic mass is 79.9. The largest absolute Gasteiger partial charge is 0.488 e. The number of benzene rings is 3. The van der Waals surface area contributed by atoms with E-state index in [4.69, 9.17) is 4.74 Å². The maximum Gasteiger partial charge on any atom is 0.134 e. The van der Waals surface area contributed by atoms with E-state index in [2.05, 4.69) is 95.8 Å². The van der Waals surface area contributed by atoms with Crippen LogP contribution in [-0.2, 0) is 19.6 Å². The van der Waals surface area contributed by atoms with Crippen LogP contribution in [0.5, 0.6) is 5.75 Å². The van der Waals surface area contributed by atoms with E-state index >= 15 is 0 Å². The van der Waals surface area contributed by atoms with Gasteiger partial charge >= 0.3 is 0 Å². The Morgan fingerprint density at radius 2 is 1.65 bits per heavy atom. The van der Waals surface area contributed by atoms with Gasteiger partial charge in [-0.25, -0.2) is 0 Å². The molecule has 0 aliphatic heterocycles. The van der Waals surface area contributed by atoms with Gasteiger partial charge < -0.3 is 10.1 Å². The Balaban J connectivity index is 1.61. The summed E-state index contributed by atoms with van der Waals surface area (Å²) in [5.41, 5.74) is 6.18. The number of aryl methyl sites for hydroxylation is 2. The number of halogens is 1. The van der Waals surface area contributed by atoms with Crippen LogP contribution in [0.2, 0.25) is 0 Å². The molecular weight excluding hydrogens is 386 g/mol. The Kier molecular flexibility index (Phi) is 6.35. The first-order valence-corrected chi connectivity index (χ1v) is 9.73. The summed E-state index contributed by atoms with van der Waals surface area (Å²) in [6, 6.07) is 23.1. The number of hydrogen-bond donors (Lipinski definition) is 1. The number of rotatable bonds is 7. The second-order valence-corrected chi connectivity index (χ2v) is 7.26. The lowest BCUT2D eigenvalue weighted by Gasteiger charge is -2.13. The molecule has 0 bridgehead atoms.